The molecule has 0 saturated carbocycles. The van der Waals surface area contributed by atoms with Crippen LogP contribution in [0.4, 0.5) is 20.2 Å². The Morgan fingerprint density at radius 2 is 2.00 bits per heavy atom. The number of rotatable bonds is 6. The number of nitrogens with zero attached hydrogens (tertiary/aromatic N) is 4. The highest BCUT2D eigenvalue weighted by Gasteiger charge is 2.30. The Hall–Kier alpha value is -2.28. The maximum atomic E-state index is 14.0. The molecule has 13 heteroatoms. The van der Waals surface area contributed by atoms with Gasteiger partial charge in [0.1, 0.15) is 16.9 Å². The van der Waals surface area contributed by atoms with Crippen LogP contribution >= 0.6 is 23.4 Å². The Morgan fingerprint density at radius 1 is 1.22 bits per heavy atom. The number of hydrogen-bond acceptors (Lipinski definition) is 8. The van der Waals surface area contributed by atoms with E-state index >= 15 is 0 Å². The number of imidazole rings is 1. The topological polar surface area (TPSA) is 98.5 Å². The Bertz CT molecular complexity index is 1500. The van der Waals surface area contributed by atoms with E-state index in [1.54, 1.807) is 30.0 Å². The lowest BCUT2D eigenvalue weighted by atomic mass is 10.1. The van der Waals surface area contributed by atoms with Crippen molar-refractivity contribution >= 4 is 60.8 Å². The van der Waals surface area contributed by atoms with Crippen LogP contribution in [0.25, 0.3) is 11.2 Å². The van der Waals surface area contributed by atoms with Crippen LogP contribution in [0.15, 0.2) is 34.2 Å². The Balaban J connectivity index is 1.61. The molecule has 3 aromatic rings. The number of fused-ring (bicyclic) bond motifs is 1. The lowest BCUT2D eigenvalue weighted by Gasteiger charge is -2.25. The molecule has 0 radical (unpaired) electrons. The summed E-state index contributed by atoms with van der Waals surface area (Å²) in [5, 5.41) is 3.88. The van der Waals surface area contributed by atoms with Crippen LogP contribution < -0.4 is 5.32 Å². The molecule has 1 atom stereocenters. The normalized spacial score (nSPS) is 20.0. The first kappa shape index (κ1) is 26.3. The third kappa shape index (κ3) is 5.34. The van der Waals surface area contributed by atoms with Crippen LogP contribution in [-0.4, -0.2) is 52.2 Å². The SMILES string of the molecule is CC1(C)CSC(c2ccc(Nc3cc(Cl)nc4c3nc(C(F)F)n4C3CCCCO3)c(S(C)(=O)=O)c2)=N1. The van der Waals surface area contributed by atoms with Gasteiger partial charge < -0.3 is 10.1 Å². The zero-order valence-electron chi connectivity index (χ0n) is 20.5. The number of nitrogens with one attached hydrogen (secondary N) is 1. The molecule has 1 unspecified atom stereocenters. The predicted octanol–water partition coefficient (Wildman–Crippen LogP) is 6.14. The van der Waals surface area contributed by atoms with Crippen molar-refractivity contribution in [2.24, 2.45) is 4.99 Å². The minimum atomic E-state index is -3.67. The molecule has 1 aromatic carbocycles. The third-order valence-electron chi connectivity index (χ3n) is 6.15. The van der Waals surface area contributed by atoms with E-state index in [0.29, 0.717) is 18.6 Å². The van der Waals surface area contributed by atoms with Gasteiger partial charge in [0.2, 0.25) is 0 Å². The minimum Gasteiger partial charge on any atom is -0.358 e. The van der Waals surface area contributed by atoms with Gasteiger partial charge in [0.05, 0.1) is 26.9 Å². The van der Waals surface area contributed by atoms with E-state index in [2.05, 4.69) is 15.3 Å². The maximum absolute atomic E-state index is 14.0. The molecule has 37 heavy (non-hydrogen) atoms. The van der Waals surface area contributed by atoms with E-state index < -0.39 is 28.3 Å². The highest BCUT2D eigenvalue weighted by Crippen LogP contribution is 2.38. The summed E-state index contributed by atoms with van der Waals surface area (Å²) in [6, 6.07) is 6.43. The smallest absolute Gasteiger partial charge is 0.295 e. The summed E-state index contributed by atoms with van der Waals surface area (Å²) in [5.74, 6) is 0.321. The molecule has 0 aliphatic carbocycles. The monoisotopic (exact) mass is 569 g/mol. The summed E-state index contributed by atoms with van der Waals surface area (Å²) in [5.41, 5.74) is 1.28. The predicted molar refractivity (Wildman–Crippen MR) is 142 cm³/mol. The van der Waals surface area contributed by atoms with Gasteiger partial charge in [-0.15, -0.1) is 11.8 Å². The molecule has 4 heterocycles. The molecule has 8 nitrogen and oxygen atoms in total. The van der Waals surface area contributed by atoms with E-state index in [9.17, 15) is 17.2 Å². The summed E-state index contributed by atoms with van der Waals surface area (Å²) in [7, 11) is -3.67. The summed E-state index contributed by atoms with van der Waals surface area (Å²) in [6.07, 6.45) is -0.179. The zero-order chi connectivity index (χ0) is 26.5. The summed E-state index contributed by atoms with van der Waals surface area (Å²) < 4.78 is 60.6. The minimum absolute atomic E-state index is 0.0446. The number of sulfone groups is 1. The molecule has 1 fully saturated rings. The number of alkyl halides is 2. The van der Waals surface area contributed by atoms with Crippen molar-refractivity contribution in [1.29, 1.82) is 0 Å². The summed E-state index contributed by atoms with van der Waals surface area (Å²) in [4.78, 5) is 13.2. The number of benzene rings is 1. The molecular formula is C24H26ClF2N5O3S2. The van der Waals surface area contributed by atoms with Gasteiger partial charge in [-0.3, -0.25) is 9.56 Å². The molecule has 198 valence electrons. The first-order valence-corrected chi connectivity index (χ1v) is 15.0. The Morgan fingerprint density at radius 3 is 2.62 bits per heavy atom. The number of anilines is 2. The standard InChI is InChI=1S/C24H26ClF2N5O3S2/c1-24(2)12-36-23(31-24)13-7-8-14(16(10-13)37(3,33)34)28-15-11-17(25)29-21-19(15)30-22(20(26)27)32(21)18-6-4-5-9-35-18/h7-8,10-11,18,20H,4-6,9,12H2,1-3H3,(H,28,29). The van der Waals surface area contributed by atoms with Crippen LogP contribution in [0.3, 0.4) is 0 Å². The van der Waals surface area contributed by atoms with E-state index in [1.165, 1.54) is 10.6 Å². The number of pyridine rings is 1. The third-order valence-corrected chi connectivity index (χ3v) is 8.93. The number of aliphatic imine (C=N–C) groups is 1. The van der Waals surface area contributed by atoms with Gasteiger partial charge in [0.25, 0.3) is 6.43 Å². The Labute approximate surface area is 222 Å². The molecule has 0 bridgehead atoms. The van der Waals surface area contributed by atoms with Crippen LogP contribution in [-0.2, 0) is 14.6 Å². The number of aromatic nitrogens is 3. The number of hydrogen-bond donors (Lipinski definition) is 1. The van der Waals surface area contributed by atoms with Gasteiger partial charge in [-0.05, 0) is 45.2 Å². The average Bonchev–Trinajstić information content (AvgIpc) is 3.39. The van der Waals surface area contributed by atoms with Crippen LogP contribution in [0.5, 0.6) is 0 Å². The Kier molecular flexibility index (Phi) is 6.97. The second-order valence-corrected chi connectivity index (χ2v) is 13.1. The van der Waals surface area contributed by atoms with Crippen LogP contribution in [0.1, 0.15) is 57.2 Å². The zero-order valence-corrected chi connectivity index (χ0v) is 22.9. The van der Waals surface area contributed by atoms with E-state index in [1.807, 2.05) is 13.8 Å². The second kappa shape index (κ2) is 9.79. The van der Waals surface area contributed by atoms with Gasteiger partial charge >= 0.3 is 0 Å². The van der Waals surface area contributed by atoms with Crippen molar-refractivity contribution in [3.63, 3.8) is 0 Å². The molecule has 0 spiro atoms. The maximum Gasteiger partial charge on any atom is 0.295 e. The quantitative estimate of drug-likeness (QED) is 0.356. The van der Waals surface area contributed by atoms with E-state index in [-0.39, 0.29) is 38.1 Å². The van der Waals surface area contributed by atoms with Crippen molar-refractivity contribution in [3.8, 4) is 0 Å². The summed E-state index contributed by atoms with van der Waals surface area (Å²) >= 11 is 7.87. The van der Waals surface area contributed by atoms with Crippen molar-refractivity contribution < 1.29 is 21.9 Å². The highest BCUT2D eigenvalue weighted by molar-refractivity contribution is 8.14. The highest BCUT2D eigenvalue weighted by atomic mass is 35.5. The number of halogens is 3. The van der Waals surface area contributed by atoms with Crippen molar-refractivity contribution in [2.45, 2.75) is 56.2 Å². The largest absolute Gasteiger partial charge is 0.358 e. The van der Waals surface area contributed by atoms with Gasteiger partial charge in [-0.25, -0.2) is 27.2 Å². The molecule has 1 N–H and O–H groups in total. The van der Waals surface area contributed by atoms with Crippen molar-refractivity contribution in [2.75, 3.05) is 23.9 Å². The molecule has 0 amide bonds. The lowest BCUT2D eigenvalue weighted by molar-refractivity contribution is -0.0363. The molecule has 5 rings (SSSR count). The average molecular weight is 570 g/mol. The van der Waals surface area contributed by atoms with Gasteiger partial charge in [0, 0.05) is 30.2 Å². The molecule has 1 saturated heterocycles. The van der Waals surface area contributed by atoms with Crippen molar-refractivity contribution in [3.05, 3.63) is 40.8 Å². The first-order valence-electron chi connectivity index (χ1n) is 11.8. The lowest BCUT2D eigenvalue weighted by Crippen LogP contribution is -2.20. The van der Waals surface area contributed by atoms with Crippen LogP contribution in [0, 0.1) is 0 Å². The molecular weight excluding hydrogens is 544 g/mol. The number of thioether (sulfide) groups is 1. The van der Waals surface area contributed by atoms with Gasteiger partial charge in [-0.2, -0.15) is 0 Å². The fraction of sp³-hybridized carbons (Fsp3) is 0.458. The molecule has 2 aliphatic rings. The second-order valence-electron chi connectivity index (χ2n) is 9.75. The van der Waals surface area contributed by atoms with Crippen LogP contribution in [0.2, 0.25) is 5.15 Å². The fourth-order valence-corrected chi connectivity index (χ4v) is 6.66. The van der Waals surface area contributed by atoms with Gasteiger partial charge in [0.15, 0.2) is 21.3 Å². The van der Waals surface area contributed by atoms with Crippen molar-refractivity contribution in [1.82, 2.24) is 14.5 Å². The van der Waals surface area contributed by atoms with E-state index in [0.717, 1.165) is 29.9 Å². The van der Waals surface area contributed by atoms with Gasteiger partial charge in [-0.1, -0.05) is 17.7 Å². The fourth-order valence-electron chi connectivity index (χ4n) is 4.45. The molecule has 2 aliphatic heterocycles. The summed E-state index contributed by atoms with van der Waals surface area (Å²) in [6.45, 7) is 4.48. The molecule has 2 aromatic heterocycles. The van der Waals surface area contributed by atoms with E-state index in [4.69, 9.17) is 21.3 Å². The number of ether oxygens (including phenoxy) is 1. The first-order chi connectivity index (χ1) is 17.4.